The Morgan fingerprint density at radius 3 is 1.61 bits per heavy atom. The zero-order valence-corrected chi connectivity index (χ0v) is 20.5. The smallest absolute Gasteiger partial charge is 0.0969 e. The fourth-order valence-electron chi connectivity index (χ4n) is 4.36. The van der Waals surface area contributed by atoms with Gasteiger partial charge < -0.3 is 4.48 Å². The first-order chi connectivity index (χ1) is 13.6. The largest absolute Gasteiger partial charge is 0.323 e. The first kappa shape index (κ1) is 27.7. The van der Waals surface area contributed by atoms with E-state index >= 15 is 0 Å². The predicted octanol–water partition coefficient (Wildman–Crippen LogP) is 8.93. The molecule has 0 spiro atoms. The molecule has 0 amide bonds. The van der Waals surface area contributed by atoms with Crippen molar-refractivity contribution >= 4 is 0 Å². The Kier molecular flexibility index (Phi) is 19.8. The van der Waals surface area contributed by atoms with Crippen LogP contribution in [0, 0.1) is 5.92 Å². The fourth-order valence-corrected chi connectivity index (χ4v) is 4.36. The molecule has 0 bridgehead atoms. The standard InChI is InChI=1S/C27H56N/c1-6-9-11-13-15-16-17-19-21-25-28(5,24-8-3)26-23-27(4)22-20-18-14-12-10-7-2/h8,27H,3,6-7,9-26H2,1-2,4-5H3/q+1. The van der Waals surface area contributed by atoms with Crippen LogP contribution in [0.5, 0.6) is 0 Å². The number of hydrogen-bond donors (Lipinski definition) is 0. The third-order valence-electron chi connectivity index (χ3n) is 6.58. The van der Waals surface area contributed by atoms with Gasteiger partial charge in [0.15, 0.2) is 0 Å². The molecule has 1 heteroatoms. The molecule has 0 rings (SSSR count). The van der Waals surface area contributed by atoms with E-state index in [1.807, 2.05) is 0 Å². The van der Waals surface area contributed by atoms with Gasteiger partial charge in [-0.15, -0.1) is 0 Å². The third-order valence-corrected chi connectivity index (χ3v) is 6.58. The second-order valence-electron chi connectivity index (χ2n) is 9.82. The van der Waals surface area contributed by atoms with Gasteiger partial charge in [0.25, 0.3) is 0 Å². The molecule has 2 atom stereocenters. The number of quaternary nitrogens is 1. The highest BCUT2D eigenvalue weighted by Gasteiger charge is 2.20. The van der Waals surface area contributed by atoms with Crippen LogP contribution in [-0.2, 0) is 0 Å². The summed E-state index contributed by atoms with van der Waals surface area (Å²) < 4.78 is 1.21. The minimum absolute atomic E-state index is 0.886. The molecule has 0 radical (unpaired) electrons. The Bertz CT molecular complexity index is 324. The average molecular weight is 395 g/mol. The molecule has 2 unspecified atom stereocenters. The lowest BCUT2D eigenvalue weighted by Gasteiger charge is -2.34. The molecule has 1 nitrogen and oxygen atoms in total. The summed E-state index contributed by atoms with van der Waals surface area (Å²) in [6.07, 6.45) is 26.4. The maximum atomic E-state index is 4.04. The zero-order chi connectivity index (χ0) is 20.9. The fraction of sp³-hybridized carbons (Fsp3) is 0.926. The van der Waals surface area contributed by atoms with Crippen molar-refractivity contribution < 1.29 is 4.48 Å². The van der Waals surface area contributed by atoms with Crippen LogP contribution in [0.4, 0.5) is 0 Å². The SMILES string of the molecule is C=CC[N+](C)(CCCCCCCCCCC)CCC(C)CCCCCCCC. The highest BCUT2D eigenvalue weighted by atomic mass is 15.3. The van der Waals surface area contributed by atoms with E-state index in [0.717, 1.165) is 12.5 Å². The van der Waals surface area contributed by atoms with Gasteiger partial charge in [0.1, 0.15) is 0 Å². The molecule has 0 aliphatic heterocycles. The molecular formula is C27H56N+. The zero-order valence-electron chi connectivity index (χ0n) is 20.5. The minimum atomic E-state index is 0.886. The Hall–Kier alpha value is -0.300. The van der Waals surface area contributed by atoms with Gasteiger partial charge >= 0.3 is 0 Å². The quantitative estimate of drug-likeness (QED) is 0.0976. The van der Waals surface area contributed by atoms with Gasteiger partial charge in [0, 0.05) is 0 Å². The molecule has 0 N–H and O–H groups in total. The Labute approximate surface area is 180 Å². The minimum Gasteiger partial charge on any atom is -0.323 e. The summed E-state index contributed by atoms with van der Waals surface area (Å²) in [5.74, 6) is 0.886. The van der Waals surface area contributed by atoms with E-state index in [0.29, 0.717) is 0 Å². The lowest BCUT2D eigenvalue weighted by atomic mass is 9.98. The second kappa shape index (κ2) is 20.0. The first-order valence-corrected chi connectivity index (χ1v) is 13.0. The summed E-state index contributed by atoms with van der Waals surface area (Å²) in [5.41, 5.74) is 0. The summed E-state index contributed by atoms with van der Waals surface area (Å²) in [4.78, 5) is 0. The number of likely N-dealkylation sites (N-methyl/N-ethyl adjacent to an activating group) is 1. The van der Waals surface area contributed by atoms with Crippen molar-refractivity contribution in [3.63, 3.8) is 0 Å². The van der Waals surface area contributed by atoms with Crippen LogP contribution in [0.2, 0.25) is 0 Å². The summed E-state index contributed by atoms with van der Waals surface area (Å²) in [6.45, 7) is 14.9. The molecule has 28 heavy (non-hydrogen) atoms. The maximum absolute atomic E-state index is 4.04. The monoisotopic (exact) mass is 394 g/mol. The van der Waals surface area contributed by atoms with Gasteiger partial charge in [-0.05, 0) is 31.3 Å². The molecule has 0 aromatic rings. The predicted molar refractivity (Wildman–Crippen MR) is 130 cm³/mol. The van der Waals surface area contributed by atoms with Crippen molar-refractivity contribution in [3.05, 3.63) is 12.7 Å². The Balaban J connectivity index is 3.83. The van der Waals surface area contributed by atoms with Crippen molar-refractivity contribution in [3.8, 4) is 0 Å². The molecule has 168 valence electrons. The molecule has 0 heterocycles. The highest BCUT2D eigenvalue weighted by Crippen LogP contribution is 2.18. The van der Waals surface area contributed by atoms with E-state index in [1.54, 1.807) is 0 Å². The van der Waals surface area contributed by atoms with E-state index in [2.05, 4.69) is 40.5 Å². The number of hydrogen-bond acceptors (Lipinski definition) is 0. The van der Waals surface area contributed by atoms with Crippen molar-refractivity contribution in [2.75, 3.05) is 26.7 Å². The topological polar surface area (TPSA) is 0 Å². The summed E-state index contributed by atoms with van der Waals surface area (Å²) in [7, 11) is 2.46. The van der Waals surface area contributed by atoms with E-state index in [9.17, 15) is 0 Å². The van der Waals surface area contributed by atoms with E-state index in [4.69, 9.17) is 0 Å². The second-order valence-corrected chi connectivity index (χ2v) is 9.82. The molecule has 0 aromatic heterocycles. The van der Waals surface area contributed by atoms with Gasteiger partial charge in [0.05, 0.1) is 26.7 Å². The van der Waals surface area contributed by atoms with Crippen LogP contribution in [0.3, 0.4) is 0 Å². The number of nitrogens with zero attached hydrogens (tertiary/aromatic N) is 1. The van der Waals surface area contributed by atoms with Crippen molar-refractivity contribution in [1.29, 1.82) is 0 Å². The van der Waals surface area contributed by atoms with Gasteiger partial charge in [-0.1, -0.05) is 117 Å². The van der Waals surface area contributed by atoms with E-state index in [1.165, 1.54) is 127 Å². The van der Waals surface area contributed by atoms with Crippen LogP contribution in [0.1, 0.15) is 130 Å². The van der Waals surface area contributed by atoms with Crippen LogP contribution in [-0.4, -0.2) is 31.2 Å². The van der Waals surface area contributed by atoms with E-state index in [-0.39, 0.29) is 0 Å². The van der Waals surface area contributed by atoms with Gasteiger partial charge in [-0.2, -0.15) is 0 Å². The van der Waals surface area contributed by atoms with Gasteiger partial charge in [-0.25, -0.2) is 0 Å². The summed E-state index contributed by atoms with van der Waals surface area (Å²) >= 11 is 0. The van der Waals surface area contributed by atoms with E-state index < -0.39 is 0 Å². The van der Waals surface area contributed by atoms with Crippen LogP contribution in [0.15, 0.2) is 12.7 Å². The number of unbranched alkanes of at least 4 members (excludes halogenated alkanes) is 13. The third kappa shape index (κ3) is 17.8. The molecule has 0 aliphatic carbocycles. The van der Waals surface area contributed by atoms with Crippen molar-refractivity contribution in [2.24, 2.45) is 5.92 Å². The van der Waals surface area contributed by atoms with Crippen LogP contribution >= 0.6 is 0 Å². The van der Waals surface area contributed by atoms with Gasteiger partial charge in [0.2, 0.25) is 0 Å². The molecular weight excluding hydrogens is 338 g/mol. The molecule has 0 saturated carbocycles. The maximum Gasteiger partial charge on any atom is 0.0969 e. The Morgan fingerprint density at radius 2 is 1.11 bits per heavy atom. The average Bonchev–Trinajstić information content (AvgIpc) is 2.68. The normalized spacial score (nSPS) is 14.7. The lowest BCUT2D eigenvalue weighted by Crippen LogP contribution is -2.46. The lowest BCUT2D eigenvalue weighted by molar-refractivity contribution is -0.904. The first-order valence-electron chi connectivity index (χ1n) is 13.0. The number of rotatable bonds is 22. The van der Waals surface area contributed by atoms with Crippen LogP contribution < -0.4 is 0 Å². The van der Waals surface area contributed by atoms with Crippen molar-refractivity contribution in [1.82, 2.24) is 0 Å². The Morgan fingerprint density at radius 1 is 0.643 bits per heavy atom. The van der Waals surface area contributed by atoms with Gasteiger partial charge in [-0.3, -0.25) is 0 Å². The highest BCUT2D eigenvalue weighted by molar-refractivity contribution is 4.66. The molecule has 0 aromatic carbocycles. The molecule has 0 fully saturated rings. The van der Waals surface area contributed by atoms with Crippen molar-refractivity contribution in [2.45, 2.75) is 130 Å². The summed E-state index contributed by atoms with van der Waals surface area (Å²) in [5, 5.41) is 0. The molecule has 0 aliphatic rings. The summed E-state index contributed by atoms with van der Waals surface area (Å²) in [6, 6.07) is 0. The van der Waals surface area contributed by atoms with Crippen LogP contribution in [0.25, 0.3) is 0 Å². The molecule has 0 saturated heterocycles.